The molecule has 0 spiro atoms. The highest BCUT2D eigenvalue weighted by Gasteiger charge is 2.15. The Morgan fingerprint density at radius 1 is 1.08 bits per heavy atom. The van der Waals surface area contributed by atoms with Gasteiger partial charge in [0.15, 0.2) is 17.4 Å². The second-order valence-corrected chi connectivity index (χ2v) is 6.39. The zero-order valence-corrected chi connectivity index (χ0v) is 14.2. The van der Waals surface area contributed by atoms with Gasteiger partial charge in [0.2, 0.25) is 0 Å². The lowest BCUT2D eigenvalue weighted by atomic mass is 10.1. The van der Waals surface area contributed by atoms with Crippen molar-refractivity contribution in [1.29, 1.82) is 0 Å². The third-order valence-corrected chi connectivity index (χ3v) is 4.50. The monoisotopic (exact) mass is 355 g/mol. The summed E-state index contributed by atoms with van der Waals surface area (Å²) in [5.41, 5.74) is 1.77. The van der Waals surface area contributed by atoms with Crippen molar-refractivity contribution in [2.75, 3.05) is 6.54 Å². The van der Waals surface area contributed by atoms with E-state index in [1.807, 2.05) is 29.1 Å². The topological polar surface area (TPSA) is 39.1 Å². The maximum Gasteiger partial charge on any atom is 0.198 e. The normalized spacial score (nSPS) is 16.8. The summed E-state index contributed by atoms with van der Waals surface area (Å²) in [7, 11) is 0. The average molecular weight is 355 g/mol. The highest BCUT2D eigenvalue weighted by molar-refractivity contribution is 5.59. The molecule has 0 saturated carbocycles. The van der Waals surface area contributed by atoms with E-state index in [1.54, 1.807) is 12.1 Å². The quantitative estimate of drug-likeness (QED) is 0.739. The fourth-order valence-electron chi connectivity index (χ4n) is 3.15. The number of nitrogens with zero attached hydrogens (tertiary/aromatic N) is 2. The van der Waals surface area contributed by atoms with Gasteiger partial charge in [-0.15, -0.1) is 0 Å². The van der Waals surface area contributed by atoms with E-state index in [-0.39, 0.29) is 0 Å². The molecule has 4 rings (SSSR count). The van der Waals surface area contributed by atoms with Crippen LogP contribution >= 0.6 is 0 Å². The number of hydrogen-bond donors (Lipinski definition) is 1. The van der Waals surface area contributed by atoms with Crippen molar-refractivity contribution in [3.63, 3.8) is 0 Å². The van der Waals surface area contributed by atoms with Crippen LogP contribution in [0.2, 0.25) is 0 Å². The van der Waals surface area contributed by atoms with E-state index in [4.69, 9.17) is 4.74 Å². The number of aromatic nitrogens is 2. The molecule has 6 heteroatoms. The lowest BCUT2D eigenvalue weighted by molar-refractivity contribution is 0.407. The van der Waals surface area contributed by atoms with Crippen LogP contribution in [0.5, 0.6) is 11.5 Å². The van der Waals surface area contributed by atoms with Crippen LogP contribution in [0.1, 0.15) is 12.8 Å². The molecule has 0 radical (unpaired) electrons. The van der Waals surface area contributed by atoms with Crippen LogP contribution in [0.4, 0.5) is 8.78 Å². The Balaban J connectivity index is 1.47. The maximum absolute atomic E-state index is 13.7. The fraction of sp³-hybridized carbons (Fsp3) is 0.250. The molecule has 2 heterocycles. The Bertz CT molecular complexity index is 866. The first-order valence-corrected chi connectivity index (χ1v) is 8.68. The summed E-state index contributed by atoms with van der Waals surface area (Å²) in [4.78, 5) is 0. The van der Waals surface area contributed by atoms with Gasteiger partial charge < -0.3 is 10.1 Å². The number of benzene rings is 2. The van der Waals surface area contributed by atoms with E-state index in [0.717, 1.165) is 24.3 Å². The summed E-state index contributed by atoms with van der Waals surface area (Å²) in [5, 5.41) is 8.06. The van der Waals surface area contributed by atoms with Crippen LogP contribution in [-0.2, 0) is 6.54 Å². The van der Waals surface area contributed by atoms with Crippen molar-refractivity contribution >= 4 is 0 Å². The standard InChI is InChI=1S/C20H19F2N3O/c21-17-4-1-5-18(22)20(17)26-16-8-6-14(7-9-16)19-10-12-25(24-19)13-15-3-2-11-23-15/h1,4-10,12,15,23H,2-3,11,13H2/t15-/m1/s1. The zero-order valence-electron chi connectivity index (χ0n) is 14.2. The number of para-hydroxylation sites is 1. The zero-order chi connectivity index (χ0) is 17.9. The Hall–Kier alpha value is -2.73. The van der Waals surface area contributed by atoms with Gasteiger partial charge in [-0.2, -0.15) is 5.10 Å². The molecule has 3 aromatic rings. The SMILES string of the molecule is Fc1cccc(F)c1Oc1ccc(-c2ccn(C[C@H]3CCCN3)n2)cc1. The van der Waals surface area contributed by atoms with Gasteiger partial charge in [-0.25, -0.2) is 8.78 Å². The van der Waals surface area contributed by atoms with Gasteiger partial charge in [0.05, 0.1) is 12.2 Å². The third-order valence-electron chi connectivity index (χ3n) is 4.50. The van der Waals surface area contributed by atoms with Crippen LogP contribution in [0, 0.1) is 11.6 Å². The minimum atomic E-state index is -0.728. The molecule has 0 aliphatic carbocycles. The van der Waals surface area contributed by atoms with Crippen molar-refractivity contribution in [2.24, 2.45) is 0 Å². The van der Waals surface area contributed by atoms with Crippen molar-refractivity contribution in [1.82, 2.24) is 15.1 Å². The lowest BCUT2D eigenvalue weighted by Crippen LogP contribution is -2.26. The molecule has 1 aliphatic rings. The number of ether oxygens (including phenoxy) is 1. The van der Waals surface area contributed by atoms with Gasteiger partial charge in [0.1, 0.15) is 5.75 Å². The predicted octanol–water partition coefficient (Wildman–Crippen LogP) is 4.37. The van der Waals surface area contributed by atoms with Crippen molar-refractivity contribution in [2.45, 2.75) is 25.4 Å². The van der Waals surface area contributed by atoms with Gasteiger partial charge in [0.25, 0.3) is 0 Å². The summed E-state index contributed by atoms with van der Waals surface area (Å²) in [5.74, 6) is -1.48. The summed E-state index contributed by atoms with van der Waals surface area (Å²) >= 11 is 0. The summed E-state index contributed by atoms with van der Waals surface area (Å²) in [6.45, 7) is 1.93. The van der Waals surface area contributed by atoms with Gasteiger partial charge in [-0.3, -0.25) is 4.68 Å². The van der Waals surface area contributed by atoms with Crippen LogP contribution in [0.15, 0.2) is 54.7 Å². The number of rotatable bonds is 5. The first kappa shape index (κ1) is 16.7. The highest BCUT2D eigenvalue weighted by atomic mass is 19.1. The second-order valence-electron chi connectivity index (χ2n) is 6.39. The molecule has 1 aliphatic heterocycles. The summed E-state index contributed by atoms with van der Waals surface area (Å²) in [6, 6.07) is 13.1. The van der Waals surface area contributed by atoms with Gasteiger partial charge in [-0.1, -0.05) is 6.07 Å². The lowest BCUT2D eigenvalue weighted by Gasteiger charge is -2.09. The molecule has 0 amide bonds. The third kappa shape index (κ3) is 3.60. The molecule has 1 atom stereocenters. The first-order valence-electron chi connectivity index (χ1n) is 8.68. The molecular weight excluding hydrogens is 336 g/mol. The van der Waals surface area contributed by atoms with E-state index >= 15 is 0 Å². The van der Waals surface area contributed by atoms with E-state index < -0.39 is 17.4 Å². The Morgan fingerprint density at radius 3 is 2.54 bits per heavy atom. The Labute approximate surface area is 150 Å². The smallest absolute Gasteiger partial charge is 0.198 e. The first-order chi connectivity index (χ1) is 12.7. The van der Waals surface area contributed by atoms with Gasteiger partial charge in [0, 0.05) is 17.8 Å². The summed E-state index contributed by atoms with van der Waals surface area (Å²) in [6.07, 6.45) is 4.35. The van der Waals surface area contributed by atoms with Gasteiger partial charge >= 0.3 is 0 Å². The maximum atomic E-state index is 13.7. The largest absolute Gasteiger partial charge is 0.451 e. The van der Waals surface area contributed by atoms with Gasteiger partial charge in [-0.05, 0) is 61.9 Å². The molecule has 134 valence electrons. The fourth-order valence-corrected chi connectivity index (χ4v) is 3.15. The molecular formula is C20H19F2N3O. The van der Waals surface area contributed by atoms with E-state index in [1.165, 1.54) is 31.0 Å². The van der Waals surface area contributed by atoms with Crippen molar-refractivity contribution in [3.05, 3.63) is 66.4 Å². The van der Waals surface area contributed by atoms with Crippen LogP contribution in [0.25, 0.3) is 11.3 Å². The molecule has 2 aromatic carbocycles. The molecule has 1 N–H and O–H groups in total. The Morgan fingerprint density at radius 2 is 1.85 bits per heavy atom. The molecule has 26 heavy (non-hydrogen) atoms. The van der Waals surface area contributed by atoms with E-state index in [9.17, 15) is 8.78 Å². The molecule has 1 saturated heterocycles. The summed E-state index contributed by atoms with van der Waals surface area (Å²) < 4.78 is 34.6. The van der Waals surface area contributed by atoms with Crippen molar-refractivity contribution in [3.8, 4) is 22.8 Å². The Kier molecular flexibility index (Phi) is 4.67. The predicted molar refractivity (Wildman–Crippen MR) is 95.1 cm³/mol. The molecule has 1 fully saturated rings. The van der Waals surface area contributed by atoms with Crippen LogP contribution in [-0.4, -0.2) is 22.4 Å². The van der Waals surface area contributed by atoms with Crippen LogP contribution < -0.4 is 10.1 Å². The number of hydrogen-bond acceptors (Lipinski definition) is 3. The molecule has 0 unspecified atom stereocenters. The highest BCUT2D eigenvalue weighted by Crippen LogP contribution is 2.29. The molecule has 4 nitrogen and oxygen atoms in total. The number of nitrogens with one attached hydrogen (secondary N) is 1. The second kappa shape index (κ2) is 7.25. The molecule has 1 aromatic heterocycles. The van der Waals surface area contributed by atoms with E-state index in [2.05, 4.69) is 10.4 Å². The average Bonchev–Trinajstić information content (AvgIpc) is 3.31. The minimum Gasteiger partial charge on any atom is -0.451 e. The van der Waals surface area contributed by atoms with Crippen LogP contribution in [0.3, 0.4) is 0 Å². The van der Waals surface area contributed by atoms with Crippen molar-refractivity contribution < 1.29 is 13.5 Å². The minimum absolute atomic E-state index is 0.368. The number of halogens is 2. The van der Waals surface area contributed by atoms with E-state index in [0.29, 0.717) is 11.8 Å². The molecule has 0 bridgehead atoms.